The van der Waals surface area contributed by atoms with E-state index < -0.39 is 11.9 Å². The van der Waals surface area contributed by atoms with Gasteiger partial charge < -0.3 is 24.3 Å². The van der Waals surface area contributed by atoms with Gasteiger partial charge in [0.1, 0.15) is 0 Å². The standard InChI is InChI=1S/C30H34ClNO6/c1-7-16(2)38-30(34)26-17(3)32-22-12-19(18-8-10-21(31)11-9-18)13-23(33)28(22)27(26)20-14-24(35-4)29(37-6)25(15-20)36-5/h8-11,14-16,19,27,32H,7,12-13H2,1-6H3/t16-,19-,27+/m0/s1. The van der Waals surface area contributed by atoms with Crippen LogP contribution in [0.25, 0.3) is 0 Å². The number of benzene rings is 2. The molecule has 0 spiro atoms. The molecule has 0 radical (unpaired) electrons. The number of ether oxygens (including phenoxy) is 4. The minimum atomic E-state index is -0.657. The summed E-state index contributed by atoms with van der Waals surface area (Å²) in [6.45, 7) is 5.65. The second-order valence-electron chi connectivity index (χ2n) is 9.65. The first-order valence-electron chi connectivity index (χ1n) is 12.7. The summed E-state index contributed by atoms with van der Waals surface area (Å²) in [5.74, 6) is 0.169. The van der Waals surface area contributed by atoms with Crippen LogP contribution in [0.1, 0.15) is 63.0 Å². The van der Waals surface area contributed by atoms with Gasteiger partial charge in [-0.05, 0) is 68.0 Å². The molecule has 0 fully saturated rings. The number of allylic oxidation sites excluding steroid dienone is 3. The van der Waals surface area contributed by atoms with E-state index in [1.807, 2.05) is 45.0 Å². The molecule has 4 rings (SSSR count). The summed E-state index contributed by atoms with van der Waals surface area (Å²) in [6.07, 6.45) is 1.34. The maximum atomic E-state index is 13.9. The molecule has 1 aliphatic heterocycles. The highest BCUT2D eigenvalue weighted by Crippen LogP contribution is 2.49. The third kappa shape index (κ3) is 5.25. The van der Waals surface area contributed by atoms with Crippen LogP contribution in [0.4, 0.5) is 0 Å². The van der Waals surface area contributed by atoms with Crippen molar-refractivity contribution in [2.75, 3.05) is 21.3 Å². The Morgan fingerprint density at radius 2 is 1.66 bits per heavy atom. The van der Waals surface area contributed by atoms with E-state index in [1.54, 1.807) is 12.1 Å². The topological polar surface area (TPSA) is 83.1 Å². The van der Waals surface area contributed by atoms with Crippen LogP contribution in [0, 0.1) is 0 Å². The molecule has 7 nitrogen and oxygen atoms in total. The smallest absolute Gasteiger partial charge is 0.337 e. The Morgan fingerprint density at radius 1 is 1.03 bits per heavy atom. The Bertz CT molecular complexity index is 1270. The van der Waals surface area contributed by atoms with Crippen LogP contribution < -0.4 is 19.5 Å². The minimum absolute atomic E-state index is 0.00646. The van der Waals surface area contributed by atoms with Crippen molar-refractivity contribution in [1.82, 2.24) is 5.32 Å². The van der Waals surface area contributed by atoms with E-state index in [-0.39, 0.29) is 17.8 Å². The molecule has 2 aliphatic rings. The molecular formula is C30H34ClNO6. The van der Waals surface area contributed by atoms with Gasteiger partial charge in [-0.3, -0.25) is 4.79 Å². The van der Waals surface area contributed by atoms with E-state index in [4.69, 9.17) is 30.5 Å². The average Bonchev–Trinajstić information content (AvgIpc) is 2.91. The molecule has 2 aromatic carbocycles. The maximum absolute atomic E-state index is 13.9. The quantitative estimate of drug-likeness (QED) is 0.408. The molecule has 8 heteroatoms. The number of halogens is 1. The Morgan fingerprint density at radius 3 is 2.21 bits per heavy atom. The van der Waals surface area contributed by atoms with Crippen molar-refractivity contribution in [3.8, 4) is 17.2 Å². The van der Waals surface area contributed by atoms with E-state index in [2.05, 4.69) is 5.32 Å². The predicted octanol–water partition coefficient (Wildman–Crippen LogP) is 6.07. The average molecular weight is 540 g/mol. The largest absolute Gasteiger partial charge is 0.493 e. The lowest BCUT2D eigenvalue weighted by Crippen LogP contribution is -2.36. The van der Waals surface area contributed by atoms with Crippen LogP contribution in [-0.2, 0) is 14.3 Å². The number of carbonyl (C=O) groups is 2. The van der Waals surface area contributed by atoms with Gasteiger partial charge in [0.25, 0.3) is 0 Å². The zero-order valence-electron chi connectivity index (χ0n) is 22.6. The Labute approximate surface area is 228 Å². The second kappa shape index (κ2) is 11.5. The van der Waals surface area contributed by atoms with Crippen molar-refractivity contribution in [2.45, 2.75) is 58.0 Å². The molecule has 0 saturated heterocycles. The van der Waals surface area contributed by atoms with Gasteiger partial charge in [-0.1, -0.05) is 30.7 Å². The normalized spacial score (nSPS) is 19.9. The van der Waals surface area contributed by atoms with Gasteiger partial charge in [-0.2, -0.15) is 0 Å². The van der Waals surface area contributed by atoms with Crippen molar-refractivity contribution in [3.05, 3.63) is 75.1 Å². The summed E-state index contributed by atoms with van der Waals surface area (Å²) < 4.78 is 22.5. The highest BCUT2D eigenvalue weighted by molar-refractivity contribution is 6.30. The Hall–Kier alpha value is -3.45. The number of Topliss-reactive ketones (excluding diaryl/α,β-unsaturated/α-hetero) is 1. The molecule has 202 valence electrons. The first-order valence-corrected chi connectivity index (χ1v) is 13.1. The summed E-state index contributed by atoms with van der Waals surface area (Å²) in [5, 5.41) is 4.04. The lowest BCUT2D eigenvalue weighted by Gasteiger charge is -2.37. The SMILES string of the molecule is CC[C@H](C)OC(=O)C1=C(C)NC2=C(C(=O)C[C@@H](c3ccc(Cl)cc3)C2)[C@@H]1c1cc(OC)c(OC)c(OC)c1. The first-order chi connectivity index (χ1) is 18.2. The lowest BCUT2D eigenvalue weighted by atomic mass is 9.71. The number of nitrogens with one attached hydrogen (secondary N) is 1. The highest BCUT2D eigenvalue weighted by Gasteiger charge is 2.42. The monoisotopic (exact) mass is 539 g/mol. The molecule has 0 bridgehead atoms. The van der Waals surface area contributed by atoms with Crippen LogP contribution in [0.3, 0.4) is 0 Å². The van der Waals surface area contributed by atoms with E-state index in [9.17, 15) is 9.59 Å². The van der Waals surface area contributed by atoms with Gasteiger partial charge in [0, 0.05) is 34.3 Å². The molecular weight excluding hydrogens is 506 g/mol. The van der Waals surface area contributed by atoms with Crippen molar-refractivity contribution >= 4 is 23.4 Å². The number of methoxy groups -OCH3 is 3. The third-order valence-corrected chi connectivity index (χ3v) is 7.54. The summed E-state index contributed by atoms with van der Waals surface area (Å²) in [5.41, 5.74) is 4.15. The molecule has 3 atom stereocenters. The first kappa shape index (κ1) is 27.6. The number of hydrogen-bond acceptors (Lipinski definition) is 7. The van der Waals surface area contributed by atoms with Crippen molar-refractivity contribution in [3.63, 3.8) is 0 Å². The summed E-state index contributed by atoms with van der Waals surface area (Å²) in [4.78, 5) is 27.4. The van der Waals surface area contributed by atoms with Gasteiger partial charge >= 0.3 is 5.97 Å². The molecule has 2 aromatic rings. The number of hydrogen-bond donors (Lipinski definition) is 1. The molecule has 0 amide bonds. The van der Waals surface area contributed by atoms with Crippen LogP contribution in [-0.4, -0.2) is 39.2 Å². The molecule has 1 N–H and O–H groups in total. The van der Waals surface area contributed by atoms with E-state index in [0.29, 0.717) is 63.9 Å². The van der Waals surface area contributed by atoms with Crippen LogP contribution >= 0.6 is 11.6 Å². The van der Waals surface area contributed by atoms with Gasteiger partial charge in [0.2, 0.25) is 5.75 Å². The number of ketones is 1. The fourth-order valence-electron chi connectivity index (χ4n) is 5.21. The Balaban J connectivity index is 1.87. The van der Waals surface area contributed by atoms with E-state index >= 15 is 0 Å². The fraction of sp³-hybridized carbons (Fsp3) is 0.400. The number of carbonyl (C=O) groups excluding carboxylic acids is 2. The van der Waals surface area contributed by atoms with Crippen LogP contribution in [0.2, 0.25) is 5.02 Å². The zero-order valence-corrected chi connectivity index (χ0v) is 23.4. The maximum Gasteiger partial charge on any atom is 0.337 e. The van der Waals surface area contributed by atoms with E-state index in [1.165, 1.54) is 21.3 Å². The number of dihydropyridines is 1. The van der Waals surface area contributed by atoms with Crippen LogP contribution in [0.15, 0.2) is 58.9 Å². The predicted molar refractivity (Wildman–Crippen MR) is 146 cm³/mol. The number of esters is 1. The van der Waals surface area contributed by atoms with Crippen molar-refractivity contribution in [2.24, 2.45) is 0 Å². The molecule has 38 heavy (non-hydrogen) atoms. The van der Waals surface area contributed by atoms with Gasteiger partial charge in [-0.25, -0.2) is 4.79 Å². The van der Waals surface area contributed by atoms with Crippen LogP contribution in [0.5, 0.6) is 17.2 Å². The van der Waals surface area contributed by atoms with Gasteiger partial charge in [0.05, 0.1) is 33.0 Å². The minimum Gasteiger partial charge on any atom is -0.493 e. The fourth-order valence-corrected chi connectivity index (χ4v) is 5.34. The summed E-state index contributed by atoms with van der Waals surface area (Å²) in [6, 6.07) is 11.2. The molecule has 1 aliphatic carbocycles. The van der Waals surface area contributed by atoms with Crippen molar-refractivity contribution in [1.29, 1.82) is 0 Å². The zero-order chi connectivity index (χ0) is 27.6. The van der Waals surface area contributed by atoms with Gasteiger partial charge in [-0.15, -0.1) is 0 Å². The molecule has 0 unspecified atom stereocenters. The van der Waals surface area contributed by atoms with Gasteiger partial charge in [0.15, 0.2) is 17.3 Å². The van der Waals surface area contributed by atoms with E-state index in [0.717, 1.165) is 11.3 Å². The molecule has 0 saturated carbocycles. The summed E-state index contributed by atoms with van der Waals surface area (Å²) >= 11 is 6.09. The van der Waals surface area contributed by atoms with Crippen molar-refractivity contribution < 1.29 is 28.5 Å². The highest BCUT2D eigenvalue weighted by atomic mass is 35.5. The summed E-state index contributed by atoms with van der Waals surface area (Å²) in [7, 11) is 4.61. The molecule has 1 heterocycles. The third-order valence-electron chi connectivity index (χ3n) is 7.29. The second-order valence-corrected chi connectivity index (χ2v) is 10.1. The number of rotatable bonds is 8. The lowest BCUT2D eigenvalue weighted by molar-refractivity contribution is -0.144. The molecule has 0 aromatic heterocycles. The Kier molecular flexibility index (Phi) is 8.36.